The lowest BCUT2D eigenvalue weighted by Crippen LogP contribution is -2.11. The molecule has 1 heterocycles. The van der Waals surface area contributed by atoms with Crippen LogP contribution in [0, 0.1) is 17.5 Å². The molecule has 0 saturated heterocycles. The highest BCUT2D eigenvalue weighted by atomic mass is 19.1. The number of halogens is 3. The molecule has 0 spiro atoms. The summed E-state index contributed by atoms with van der Waals surface area (Å²) in [7, 11) is 0. The molecule has 4 nitrogen and oxygen atoms in total. The molecule has 1 aliphatic heterocycles. The van der Waals surface area contributed by atoms with Gasteiger partial charge in [-0.2, -0.15) is 0 Å². The molecule has 128 valence electrons. The van der Waals surface area contributed by atoms with Crippen molar-refractivity contribution in [3.8, 4) is 11.5 Å². The average molecular weight is 347 g/mol. The standard InChI is InChI=1S/C18H12F3NO3/c19-12-8-13(20)18(14(21)9-12)22-17(23)4-2-1-3-11-5-6-15-16(7-11)25-10-24-15/h1-9H,10H2,(H,22,23)/b3-1+,4-2+. The molecule has 7 heteroatoms. The quantitative estimate of drug-likeness (QED) is 0.671. The van der Waals surface area contributed by atoms with Gasteiger partial charge in [-0.3, -0.25) is 4.79 Å². The molecule has 0 bridgehead atoms. The van der Waals surface area contributed by atoms with Crippen LogP contribution in [0.15, 0.2) is 48.6 Å². The summed E-state index contributed by atoms with van der Waals surface area (Å²) in [5.74, 6) is -2.89. The van der Waals surface area contributed by atoms with Gasteiger partial charge in [-0.1, -0.05) is 24.3 Å². The number of nitrogens with one attached hydrogen (secondary N) is 1. The van der Waals surface area contributed by atoms with E-state index in [9.17, 15) is 18.0 Å². The third-order valence-electron chi connectivity index (χ3n) is 3.30. The van der Waals surface area contributed by atoms with Gasteiger partial charge in [-0.25, -0.2) is 13.2 Å². The van der Waals surface area contributed by atoms with E-state index < -0.39 is 29.0 Å². The second-order valence-electron chi connectivity index (χ2n) is 5.06. The summed E-state index contributed by atoms with van der Waals surface area (Å²) in [5, 5.41) is 2.03. The summed E-state index contributed by atoms with van der Waals surface area (Å²) >= 11 is 0. The summed E-state index contributed by atoms with van der Waals surface area (Å²) < 4.78 is 50.1. The Labute approximate surface area is 141 Å². The van der Waals surface area contributed by atoms with E-state index in [1.165, 1.54) is 6.08 Å². The van der Waals surface area contributed by atoms with Crippen molar-refractivity contribution in [2.45, 2.75) is 0 Å². The van der Waals surface area contributed by atoms with Crippen LogP contribution >= 0.6 is 0 Å². The fourth-order valence-corrected chi connectivity index (χ4v) is 2.15. The molecule has 1 amide bonds. The van der Waals surface area contributed by atoms with E-state index in [4.69, 9.17) is 9.47 Å². The molecule has 1 aliphatic rings. The number of rotatable bonds is 4. The van der Waals surface area contributed by atoms with Crippen LogP contribution < -0.4 is 14.8 Å². The molecule has 0 saturated carbocycles. The zero-order chi connectivity index (χ0) is 17.8. The minimum Gasteiger partial charge on any atom is -0.454 e. The van der Waals surface area contributed by atoms with Crippen LogP contribution in [0.1, 0.15) is 5.56 Å². The lowest BCUT2D eigenvalue weighted by Gasteiger charge is -2.05. The number of anilines is 1. The molecule has 0 atom stereocenters. The Balaban J connectivity index is 1.61. The fraction of sp³-hybridized carbons (Fsp3) is 0.0556. The number of amides is 1. The summed E-state index contributed by atoms with van der Waals surface area (Å²) in [6.45, 7) is 0.180. The lowest BCUT2D eigenvalue weighted by molar-refractivity contribution is -0.112. The van der Waals surface area contributed by atoms with E-state index in [2.05, 4.69) is 0 Å². The van der Waals surface area contributed by atoms with E-state index in [-0.39, 0.29) is 6.79 Å². The Morgan fingerprint density at radius 1 is 1.00 bits per heavy atom. The van der Waals surface area contributed by atoms with E-state index in [1.54, 1.807) is 30.4 Å². The van der Waals surface area contributed by atoms with Gasteiger partial charge in [0.2, 0.25) is 12.7 Å². The van der Waals surface area contributed by atoms with E-state index >= 15 is 0 Å². The molecule has 2 aromatic rings. The van der Waals surface area contributed by atoms with E-state index in [0.29, 0.717) is 23.6 Å². The summed E-state index contributed by atoms with van der Waals surface area (Å²) in [5.41, 5.74) is 0.126. The van der Waals surface area contributed by atoms with Crippen molar-refractivity contribution >= 4 is 17.7 Å². The SMILES string of the molecule is O=C(/C=C/C=C/c1ccc2c(c1)OCO2)Nc1c(F)cc(F)cc1F. The number of carbonyl (C=O) groups is 1. The first-order valence-corrected chi connectivity index (χ1v) is 7.23. The maximum absolute atomic E-state index is 13.4. The summed E-state index contributed by atoms with van der Waals surface area (Å²) in [6.07, 6.45) is 5.78. The fourth-order valence-electron chi connectivity index (χ4n) is 2.15. The number of allylic oxidation sites excluding steroid dienone is 2. The number of hydrogen-bond donors (Lipinski definition) is 1. The van der Waals surface area contributed by atoms with Gasteiger partial charge in [-0.15, -0.1) is 0 Å². The van der Waals surface area contributed by atoms with Crippen molar-refractivity contribution in [3.05, 3.63) is 71.6 Å². The third kappa shape index (κ3) is 4.00. The maximum atomic E-state index is 13.4. The molecule has 1 N–H and O–H groups in total. The van der Waals surface area contributed by atoms with Crippen LogP contribution in [0.2, 0.25) is 0 Å². The van der Waals surface area contributed by atoms with Crippen molar-refractivity contribution in [2.24, 2.45) is 0 Å². The Kier molecular flexibility index (Phi) is 4.74. The zero-order valence-corrected chi connectivity index (χ0v) is 12.8. The molecule has 0 fully saturated rings. The highest BCUT2D eigenvalue weighted by Gasteiger charge is 2.13. The molecule has 0 aliphatic carbocycles. The lowest BCUT2D eigenvalue weighted by atomic mass is 10.2. The van der Waals surface area contributed by atoms with Gasteiger partial charge in [0.15, 0.2) is 23.1 Å². The largest absolute Gasteiger partial charge is 0.454 e. The number of benzene rings is 2. The van der Waals surface area contributed by atoms with Gasteiger partial charge in [-0.05, 0) is 17.7 Å². The van der Waals surface area contributed by atoms with Gasteiger partial charge in [0.05, 0.1) is 0 Å². The minimum atomic E-state index is -1.19. The predicted octanol–water partition coefficient (Wildman–Crippen LogP) is 4.04. The van der Waals surface area contributed by atoms with Crippen LogP contribution in [-0.2, 0) is 4.79 Å². The molecule has 25 heavy (non-hydrogen) atoms. The van der Waals surface area contributed by atoms with Crippen molar-refractivity contribution in [1.29, 1.82) is 0 Å². The average Bonchev–Trinajstić information content (AvgIpc) is 3.02. The van der Waals surface area contributed by atoms with Crippen molar-refractivity contribution in [3.63, 3.8) is 0 Å². The monoisotopic (exact) mass is 347 g/mol. The van der Waals surface area contributed by atoms with Gasteiger partial charge in [0, 0.05) is 18.2 Å². The molecule has 0 aromatic heterocycles. The topological polar surface area (TPSA) is 47.6 Å². The van der Waals surface area contributed by atoms with E-state index in [0.717, 1.165) is 11.6 Å². The molecule has 3 rings (SSSR count). The highest BCUT2D eigenvalue weighted by Crippen LogP contribution is 2.32. The van der Waals surface area contributed by atoms with Crippen LogP contribution in [0.4, 0.5) is 18.9 Å². The van der Waals surface area contributed by atoms with Crippen LogP contribution in [0.3, 0.4) is 0 Å². The normalized spacial score (nSPS) is 12.9. The first kappa shape index (κ1) is 16.6. The smallest absolute Gasteiger partial charge is 0.248 e. The molecular formula is C18H12F3NO3. The van der Waals surface area contributed by atoms with Crippen LogP contribution in [0.25, 0.3) is 6.08 Å². The van der Waals surface area contributed by atoms with Gasteiger partial charge < -0.3 is 14.8 Å². The maximum Gasteiger partial charge on any atom is 0.248 e. The van der Waals surface area contributed by atoms with Gasteiger partial charge in [0.1, 0.15) is 11.5 Å². The minimum absolute atomic E-state index is 0.180. The Hall–Kier alpha value is -3.22. The van der Waals surface area contributed by atoms with Crippen LogP contribution in [0.5, 0.6) is 11.5 Å². The van der Waals surface area contributed by atoms with E-state index in [1.807, 2.05) is 5.32 Å². The molecule has 2 aromatic carbocycles. The second kappa shape index (κ2) is 7.12. The second-order valence-corrected chi connectivity index (χ2v) is 5.06. The summed E-state index contributed by atoms with van der Waals surface area (Å²) in [4.78, 5) is 11.7. The van der Waals surface area contributed by atoms with Crippen LogP contribution in [-0.4, -0.2) is 12.7 Å². The zero-order valence-electron chi connectivity index (χ0n) is 12.8. The van der Waals surface area contributed by atoms with Crippen molar-refractivity contribution < 1.29 is 27.4 Å². The summed E-state index contributed by atoms with van der Waals surface area (Å²) in [6, 6.07) is 6.32. The van der Waals surface area contributed by atoms with Crippen molar-refractivity contribution in [1.82, 2.24) is 0 Å². The van der Waals surface area contributed by atoms with Gasteiger partial charge >= 0.3 is 0 Å². The predicted molar refractivity (Wildman–Crippen MR) is 85.7 cm³/mol. The highest BCUT2D eigenvalue weighted by molar-refractivity contribution is 5.99. The Bertz CT molecular complexity index is 855. The third-order valence-corrected chi connectivity index (χ3v) is 3.30. The number of ether oxygens (including phenoxy) is 2. The number of fused-ring (bicyclic) bond motifs is 1. The molecule has 0 radical (unpaired) electrons. The first-order chi connectivity index (χ1) is 12.0. The van der Waals surface area contributed by atoms with Crippen molar-refractivity contribution in [2.75, 3.05) is 12.1 Å². The Morgan fingerprint density at radius 2 is 1.72 bits per heavy atom. The first-order valence-electron chi connectivity index (χ1n) is 7.23. The molecule has 0 unspecified atom stereocenters. The molecular weight excluding hydrogens is 335 g/mol. The Morgan fingerprint density at radius 3 is 2.48 bits per heavy atom. The number of hydrogen-bond acceptors (Lipinski definition) is 3. The number of carbonyl (C=O) groups excluding carboxylic acids is 1. The van der Waals surface area contributed by atoms with Gasteiger partial charge in [0.25, 0.3) is 0 Å².